The minimum absolute atomic E-state index is 0.178. The Morgan fingerprint density at radius 3 is 2.66 bits per heavy atom. The molecule has 1 aromatic carbocycles. The van der Waals surface area contributed by atoms with Gasteiger partial charge in [0.15, 0.2) is 0 Å². The first-order valence-electron chi connectivity index (χ1n) is 10.1. The minimum atomic E-state index is -0.680. The fourth-order valence-corrected chi connectivity index (χ4v) is 4.65. The minimum Gasteiger partial charge on any atom is -0.463 e. The zero-order valence-electron chi connectivity index (χ0n) is 17.4. The average Bonchev–Trinajstić information content (AvgIpc) is 3.43. The van der Waals surface area contributed by atoms with Crippen LogP contribution in [0.5, 0.6) is 5.19 Å². The zero-order valence-corrected chi connectivity index (χ0v) is 18.2. The van der Waals surface area contributed by atoms with E-state index in [-0.39, 0.29) is 12.1 Å². The van der Waals surface area contributed by atoms with Gasteiger partial charge in [0.1, 0.15) is 23.4 Å². The lowest BCUT2D eigenvalue weighted by Gasteiger charge is -2.40. The first-order chi connectivity index (χ1) is 15.4. The van der Waals surface area contributed by atoms with Crippen LogP contribution in [-0.2, 0) is 7.05 Å². The smallest absolute Gasteiger partial charge is 0.341 e. The molecule has 0 N–H and O–H groups in total. The van der Waals surface area contributed by atoms with Crippen molar-refractivity contribution in [3.63, 3.8) is 0 Å². The van der Waals surface area contributed by atoms with Crippen LogP contribution in [-0.4, -0.2) is 56.1 Å². The molecule has 0 unspecified atom stereocenters. The summed E-state index contributed by atoms with van der Waals surface area (Å²) in [4.78, 5) is 19.0. The van der Waals surface area contributed by atoms with E-state index in [1.54, 1.807) is 22.0 Å². The Morgan fingerprint density at radius 2 is 1.97 bits per heavy atom. The van der Waals surface area contributed by atoms with Crippen LogP contribution in [0.2, 0.25) is 0 Å². The van der Waals surface area contributed by atoms with Crippen molar-refractivity contribution in [3.8, 4) is 16.6 Å². The van der Waals surface area contributed by atoms with E-state index < -0.39 is 17.7 Å². The highest BCUT2D eigenvalue weighted by atomic mass is 32.1. The lowest BCUT2D eigenvalue weighted by Crippen LogP contribution is -2.58. The predicted molar refractivity (Wildman–Crippen MR) is 114 cm³/mol. The SMILES string of the molecule is Cc1cnn(C)c1-c1csc(OC2CN(C(=O)N3N=CC[C@H]3c3cc(F)cc(F)c3)C2)n1. The van der Waals surface area contributed by atoms with E-state index in [1.165, 1.54) is 28.5 Å². The third kappa shape index (κ3) is 3.72. The van der Waals surface area contributed by atoms with Crippen LogP contribution in [0.25, 0.3) is 11.4 Å². The number of carbonyl (C=O) groups is 1. The van der Waals surface area contributed by atoms with Gasteiger partial charge in [-0.2, -0.15) is 10.2 Å². The van der Waals surface area contributed by atoms with E-state index in [2.05, 4.69) is 15.2 Å². The van der Waals surface area contributed by atoms with Crippen molar-refractivity contribution in [2.24, 2.45) is 12.1 Å². The number of hydrazone groups is 1. The maximum Gasteiger partial charge on any atom is 0.341 e. The molecule has 0 aliphatic carbocycles. The third-order valence-corrected chi connectivity index (χ3v) is 6.26. The number of urea groups is 1. The predicted octanol–water partition coefficient (Wildman–Crippen LogP) is 3.75. The molecule has 1 atom stereocenters. The van der Waals surface area contributed by atoms with E-state index in [0.717, 1.165) is 23.0 Å². The van der Waals surface area contributed by atoms with Crippen molar-refractivity contribution in [1.29, 1.82) is 0 Å². The summed E-state index contributed by atoms with van der Waals surface area (Å²) < 4.78 is 34.9. The third-order valence-electron chi connectivity index (χ3n) is 5.53. The fourth-order valence-electron chi connectivity index (χ4n) is 3.93. The van der Waals surface area contributed by atoms with Gasteiger partial charge in [-0.15, -0.1) is 0 Å². The molecule has 32 heavy (non-hydrogen) atoms. The van der Waals surface area contributed by atoms with Crippen molar-refractivity contribution >= 4 is 23.6 Å². The Balaban J connectivity index is 1.20. The largest absolute Gasteiger partial charge is 0.463 e. The second kappa shape index (κ2) is 7.97. The molecule has 2 aliphatic heterocycles. The summed E-state index contributed by atoms with van der Waals surface area (Å²) in [5.74, 6) is -1.36. The molecule has 0 bridgehead atoms. The quantitative estimate of drug-likeness (QED) is 0.597. The van der Waals surface area contributed by atoms with Crippen LogP contribution in [0.15, 0.2) is 34.9 Å². The number of benzene rings is 1. The molecule has 5 rings (SSSR count). The van der Waals surface area contributed by atoms with Crippen LogP contribution < -0.4 is 4.74 Å². The molecule has 1 fully saturated rings. The van der Waals surface area contributed by atoms with Gasteiger partial charge in [-0.25, -0.2) is 23.6 Å². The van der Waals surface area contributed by atoms with Crippen LogP contribution in [0, 0.1) is 18.6 Å². The van der Waals surface area contributed by atoms with Gasteiger partial charge in [0.25, 0.3) is 5.19 Å². The molecular weight excluding hydrogens is 438 g/mol. The summed E-state index contributed by atoms with van der Waals surface area (Å²) in [6, 6.07) is 2.42. The van der Waals surface area contributed by atoms with E-state index >= 15 is 0 Å². The maximum atomic E-state index is 13.6. The number of rotatable bonds is 4. The molecule has 4 heterocycles. The zero-order chi connectivity index (χ0) is 22.4. The second-order valence-electron chi connectivity index (χ2n) is 7.82. The molecule has 11 heteroatoms. The number of hydrogen-bond donors (Lipinski definition) is 0. The van der Waals surface area contributed by atoms with Crippen molar-refractivity contribution in [2.75, 3.05) is 13.1 Å². The van der Waals surface area contributed by atoms with E-state index in [9.17, 15) is 13.6 Å². The van der Waals surface area contributed by atoms with Gasteiger partial charge in [0.2, 0.25) is 0 Å². The van der Waals surface area contributed by atoms with Gasteiger partial charge in [-0.3, -0.25) is 4.68 Å². The average molecular weight is 458 g/mol. The summed E-state index contributed by atoms with van der Waals surface area (Å²) in [5, 5.41) is 12.1. The molecule has 2 aromatic heterocycles. The highest BCUT2D eigenvalue weighted by molar-refractivity contribution is 7.11. The monoisotopic (exact) mass is 458 g/mol. The molecular formula is C21H20F2N6O2S. The number of nitrogens with zero attached hydrogens (tertiary/aromatic N) is 6. The molecule has 0 radical (unpaired) electrons. The lowest BCUT2D eigenvalue weighted by atomic mass is 10.0. The lowest BCUT2D eigenvalue weighted by molar-refractivity contribution is 0.0276. The first-order valence-corrected chi connectivity index (χ1v) is 10.9. The van der Waals surface area contributed by atoms with Gasteiger partial charge in [-0.05, 0) is 30.2 Å². The van der Waals surface area contributed by atoms with Gasteiger partial charge in [0.05, 0.1) is 31.0 Å². The molecule has 0 saturated carbocycles. The van der Waals surface area contributed by atoms with Crippen LogP contribution >= 0.6 is 11.3 Å². The van der Waals surface area contributed by atoms with Gasteiger partial charge in [-0.1, -0.05) is 11.3 Å². The molecule has 166 valence electrons. The Labute approximate surface area is 186 Å². The number of ether oxygens (including phenoxy) is 1. The second-order valence-corrected chi connectivity index (χ2v) is 8.64. The number of aromatic nitrogens is 3. The Morgan fingerprint density at radius 1 is 1.22 bits per heavy atom. The van der Waals surface area contributed by atoms with Crippen molar-refractivity contribution in [1.82, 2.24) is 24.7 Å². The van der Waals surface area contributed by atoms with Crippen LogP contribution in [0.1, 0.15) is 23.6 Å². The van der Waals surface area contributed by atoms with Gasteiger partial charge < -0.3 is 9.64 Å². The van der Waals surface area contributed by atoms with Crippen molar-refractivity contribution in [3.05, 3.63) is 52.5 Å². The fraction of sp³-hybridized carbons (Fsp3) is 0.333. The van der Waals surface area contributed by atoms with Gasteiger partial charge in [0, 0.05) is 31.1 Å². The normalized spacial score (nSPS) is 18.3. The maximum absolute atomic E-state index is 13.6. The number of aryl methyl sites for hydroxylation is 2. The van der Waals surface area contributed by atoms with E-state index in [0.29, 0.717) is 30.3 Å². The molecule has 0 spiro atoms. The Bertz CT molecular complexity index is 1160. The Kier molecular flexibility index (Phi) is 5.12. The molecule has 2 amide bonds. The highest BCUT2D eigenvalue weighted by Gasteiger charge is 2.39. The van der Waals surface area contributed by atoms with Crippen LogP contribution in [0.3, 0.4) is 0 Å². The standard InChI is InChI=1S/C21H20F2N6O2S/c1-12-8-25-27(2)19(12)17-11-32-20(26-17)31-16-9-28(10-16)21(30)29-18(3-4-24-29)13-5-14(22)7-15(23)6-13/h4-8,11,16,18H,3,9-10H2,1-2H3/t18-/m0/s1. The van der Waals surface area contributed by atoms with Crippen molar-refractivity contribution < 1.29 is 18.3 Å². The topological polar surface area (TPSA) is 75.8 Å². The van der Waals surface area contributed by atoms with E-state index in [4.69, 9.17) is 4.74 Å². The molecule has 1 saturated heterocycles. The number of hydrogen-bond acceptors (Lipinski definition) is 6. The number of halogens is 2. The Hall–Kier alpha value is -3.34. The van der Waals surface area contributed by atoms with Crippen molar-refractivity contribution in [2.45, 2.75) is 25.5 Å². The highest BCUT2D eigenvalue weighted by Crippen LogP contribution is 2.33. The van der Waals surface area contributed by atoms with E-state index in [1.807, 2.05) is 19.4 Å². The number of thiazole rings is 1. The number of amides is 2. The summed E-state index contributed by atoms with van der Waals surface area (Å²) in [6.07, 6.45) is 3.59. The summed E-state index contributed by atoms with van der Waals surface area (Å²) >= 11 is 1.40. The summed E-state index contributed by atoms with van der Waals surface area (Å²) in [7, 11) is 1.87. The molecule has 8 nitrogen and oxygen atoms in total. The summed E-state index contributed by atoms with van der Waals surface area (Å²) in [6.45, 7) is 2.74. The molecule has 3 aromatic rings. The van der Waals surface area contributed by atoms with Gasteiger partial charge >= 0.3 is 6.03 Å². The first kappa shape index (κ1) is 20.6. The summed E-state index contributed by atoms with van der Waals surface area (Å²) in [5.41, 5.74) is 3.14. The molecule has 2 aliphatic rings. The number of carbonyl (C=O) groups excluding carboxylic acids is 1. The number of likely N-dealkylation sites (tertiary alicyclic amines) is 1. The van der Waals surface area contributed by atoms with Crippen LogP contribution in [0.4, 0.5) is 13.6 Å².